The second kappa shape index (κ2) is 7.29. The van der Waals surface area contributed by atoms with Crippen LogP contribution < -0.4 is 0 Å². The molecule has 1 rings (SSSR count). The molecule has 0 aromatic carbocycles. The van der Waals surface area contributed by atoms with Crippen molar-refractivity contribution in [2.75, 3.05) is 0 Å². The third kappa shape index (κ3) is 5.61. The summed E-state index contributed by atoms with van der Waals surface area (Å²) in [7, 11) is 0. The van der Waals surface area contributed by atoms with Crippen LogP contribution in [0, 0.1) is 11.8 Å². The Balaban J connectivity index is 2.73. The molecule has 0 radical (unpaired) electrons. The first-order valence-electron chi connectivity index (χ1n) is 6.52. The molecule has 1 aliphatic carbocycles. The molecular formula is C14H23Cl2OP. The fourth-order valence-corrected chi connectivity index (χ4v) is 3.72. The molecule has 0 saturated carbocycles. The molecule has 0 bridgehead atoms. The molecule has 4 heteroatoms. The number of allylic oxidation sites excluding steroid dienone is 2. The van der Waals surface area contributed by atoms with E-state index in [0.29, 0.717) is 11.8 Å². The fourth-order valence-electron chi connectivity index (χ4n) is 2.41. The molecule has 104 valence electrons. The minimum absolute atomic E-state index is 0.302. The van der Waals surface area contributed by atoms with Gasteiger partial charge in [-0.2, -0.15) is 0 Å². The van der Waals surface area contributed by atoms with Crippen LogP contribution in [0.15, 0.2) is 23.8 Å². The van der Waals surface area contributed by atoms with Crippen LogP contribution >= 0.6 is 29.3 Å². The van der Waals surface area contributed by atoms with Gasteiger partial charge in [0.25, 0.3) is 0 Å². The van der Waals surface area contributed by atoms with E-state index < -0.39 is 6.85 Å². The van der Waals surface area contributed by atoms with Crippen LogP contribution in [0.1, 0.15) is 47.0 Å². The van der Waals surface area contributed by atoms with E-state index in [-0.39, 0.29) is 5.60 Å². The second-order valence-corrected chi connectivity index (χ2v) is 8.82. The Kier molecular flexibility index (Phi) is 6.68. The summed E-state index contributed by atoms with van der Waals surface area (Å²) in [5.41, 5.74) is 1.09. The lowest BCUT2D eigenvalue weighted by Crippen LogP contribution is -2.30. The molecule has 0 aromatic heterocycles. The summed E-state index contributed by atoms with van der Waals surface area (Å²) in [5, 5.41) is 0. The highest BCUT2D eigenvalue weighted by molar-refractivity contribution is 8.00. The molecule has 0 heterocycles. The smallest absolute Gasteiger partial charge is 0.226 e. The normalized spacial score (nSPS) is 24.2. The maximum atomic E-state index is 5.86. The number of hydrogen-bond donors (Lipinski definition) is 0. The summed E-state index contributed by atoms with van der Waals surface area (Å²) < 4.78 is 5.81. The maximum absolute atomic E-state index is 5.86. The average molecular weight is 309 g/mol. The van der Waals surface area contributed by atoms with Gasteiger partial charge in [0, 0.05) is 0 Å². The molecular weight excluding hydrogens is 286 g/mol. The van der Waals surface area contributed by atoms with Crippen LogP contribution in [0.2, 0.25) is 0 Å². The van der Waals surface area contributed by atoms with Crippen LogP contribution in [0.5, 0.6) is 0 Å². The van der Waals surface area contributed by atoms with E-state index >= 15 is 0 Å². The minimum atomic E-state index is -1.37. The molecule has 0 aromatic rings. The fraction of sp³-hybridized carbons (Fsp3) is 0.714. The lowest BCUT2D eigenvalue weighted by molar-refractivity contribution is 0.119. The first-order valence-corrected chi connectivity index (χ1v) is 9.59. The Bertz CT molecular complexity index is 312. The summed E-state index contributed by atoms with van der Waals surface area (Å²) >= 11 is 11.7. The van der Waals surface area contributed by atoms with Gasteiger partial charge < -0.3 is 4.52 Å². The molecule has 0 spiro atoms. The monoisotopic (exact) mass is 308 g/mol. The van der Waals surface area contributed by atoms with Gasteiger partial charge in [0.15, 0.2) is 0 Å². The molecule has 18 heavy (non-hydrogen) atoms. The molecule has 0 fully saturated rings. The summed E-state index contributed by atoms with van der Waals surface area (Å²) in [4.78, 5) is 0. The zero-order valence-corrected chi connectivity index (χ0v) is 14.0. The summed E-state index contributed by atoms with van der Waals surface area (Å²) in [6, 6.07) is 0. The lowest BCUT2D eigenvalue weighted by Gasteiger charge is -2.34. The SMILES string of the molecule is CC(C)CC1=CCC(CC(C)C)(OP(Cl)Cl)C=C1. The lowest BCUT2D eigenvalue weighted by atomic mass is 9.84. The standard InChI is InChI=1S/C14H23Cl2OP/c1-11(2)9-13-5-7-14(8-6-13,10-12(3)4)17-18(15)16/h5-7,11-12H,8-10H2,1-4H3. The molecule has 0 aliphatic heterocycles. The van der Waals surface area contributed by atoms with Crippen LogP contribution in [0.4, 0.5) is 0 Å². The predicted octanol–water partition coefficient (Wildman–Crippen LogP) is 6.42. The molecule has 0 N–H and O–H groups in total. The first kappa shape index (κ1) is 16.5. The van der Waals surface area contributed by atoms with Gasteiger partial charge >= 0.3 is 0 Å². The molecule has 0 amide bonds. The van der Waals surface area contributed by atoms with E-state index in [4.69, 9.17) is 27.0 Å². The predicted molar refractivity (Wildman–Crippen MR) is 83.2 cm³/mol. The minimum Gasteiger partial charge on any atom is -0.320 e. The first-order chi connectivity index (χ1) is 8.33. The summed E-state index contributed by atoms with van der Waals surface area (Å²) in [6.45, 7) is 7.48. The van der Waals surface area contributed by atoms with Crippen LogP contribution in [-0.4, -0.2) is 5.60 Å². The summed E-state index contributed by atoms with van der Waals surface area (Å²) in [5.74, 6) is 1.23. The Morgan fingerprint density at radius 2 is 1.94 bits per heavy atom. The van der Waals surface area contributed by atoms with Crippen molar-refractivity contribution < 1.29 is 4.52 Å². The average Bonchev–Trinajstić information content (AvgIpc) is 2.19. The van der Waals surface area contributed by atoms with E-state index in [2.05, 4.69) is 45.9 Å². The van der Waals surface area contributed by atoms with Crippen molar-refractivity contribution in [3.8, 4) is 0 Å². The number of halogens is 2. The molecule has 1 aliphatic rings. The van der Waals surface area contributed by atoms with E-state index in [9.17, 15) is 0 Å². The van der Waals surface area contributed by atoms with Gasteiger partial charge in [0.1, 0.15) is 0 Å². The van der Waals surface area contributed by atoms with Gasteiger partial charge in [0.05, 0.1) is 5.60 Å². The van der Waals surface area contributed by atoms with Gasteiger partial charge in [-0.3, -0.25) is 0 Å². The van der Waals surface area contributed by atoms with Crippen molar-refractivity contribution in [1.29, 1.82) is 0 Å². The van der Waals surface area contributed by atoms with Gasteiger partial charge in [-0.25, -0.2) is 0 Å². The Morgan fingerprint density at radius 3 is 2.33 bits per heavy atom. The van der Waals surface area contributed by atoms with Crippen molar-refractivity contribution in [3.63, 3.8) is 0 Å². The van der Waals surface area contributed by atoms with Gasteiger partial charge in [-0.15, -0.1) is 0 Å². The van der Waals surface area contributed by atoms with Gasteiger partial charge in [-0.05, 0) is 53.6 Å². The van der Waals surface area contributed by atoms with Crippen molar-refractivity contribution >= 4 is 29.3 Å². The number of rotatable bonds is 6. The van der Waals surface area contributed by atoms with Crippen molar-refractivity contribution in [2.24, 2.45) is 11.8 Å². The van der Waals surface area contributed by atoms with Crippen LogP contribution in [0.3, 0.4) is 0 Å². The van der Waals surface area contributed by atoms with E-state index in [0.717, 1.165) is 19.3 Å². The van der Waals surface area contributed by atoms with Crippen LogP contribution in [0.25, 0.3) is 0 Å². The highest BCUT2D eigenvalue weighted by Gasteiger charge is 2.32. The van der Waals surface area contributed by atoms with E-state index in [1.807, 2.05) is 0 Å². The quantitative estimate of drug-likeness (QED) is 0.514. The van der Waals surface area contributed by atoms with Gasteiger partial charge in [-0.1, -0.05) is 51.5 Å². The van der Waals surface area contributed by atoms with Crippen LogP contribution in [-0.2, 0) is 4.52 Å². The second-order valence-electron chi connectivity index (χ2n) is 5.87. The Labute approximate surface area is 122 Å². The Morgan fingerprint density at radius 1 is 1.28 bits per heavy atom. The Hall–Kier alpha value is 0.450. The molecule has 0 saturated heterocycles. The van der Waals surface area contributed by atoms with E-state index in [1.54, 1.807) is 0 Å². The maximum Gasteiger partial charge on any atom is 0.226 e. The largest absolute Gasteiger partial charge is 0.320 e. The van der Waals surface area contributed by atoms with E-state index in [1.165, 1.54) is 5.57 Å². The topological polar surface area (TPSA) is 9.23 Å². The highest BCUT2D eigenvalue weighted by atomic mass is 35.9. The highest BCUT2D eigenvalue weighted by Crippen LogP contribution is 2.54. The molecule has 1 unspecified atom stereocenters. The zero-order chi connectivity index (χ0) is 13.8. The van der Waals surface area contributed by atoms with Gasteiger partial charge in [0.2, 0.25) is 6.85 Å². The van der Waals surface area contributed by atoms with Crippen molar-refractivity contribution in [2.45, 2.75) is 52.6 Å². The third-order valence-corrected chi connectivity index (χ3v) is 3.88. The molecule has 1 atom stereocenters. The van der Waals surface area contributed by atoms with Crippen molar-refractivity contribution in [1.82, 2.24) is 0 Å². The van der Waals surface area contributed by atoms with Crippen molar-refractivity contribution in [3.05, 3.63) is 23.8 Å². The molecule has 1 nitrogen and oxygen atoms in total. The third-order valence-electron chi connectivity index (χ3n) is 2.96. The number of hydrogen-bond acceptors (Lipinski definition) is 1. The summed E-state index contributed by atoms with van der Waals surface area (Å²) in [6.07, 6.45) is 9.55. The zero-order valence-electron chi connectivity index (χ0n) is 11.6.